The third-order valence-electron chi connectivity index (χ3n) is 3.65. The number of hydrogen-bond donors (Lipinski definition) is 1. The first kappa shape index (κ1) is 24.4. The lowest BCUT2D eigenvalue weighted by Gasteiger charge is -2.16. The van der Waals surface area contributed by atoms with Crippen molar-refractivity contribution in [3.63, 3.8) is 0 Å². The van der Waals surface area contributed by atoms with E-state index in [-0.39, 0.29) is 10.1 Å². The molecule has 30 heavy (non-hydrogen) atoms. The summed E-state index contributed by atoms with van der Waals surface area (Å²) in [5, 5.41) is 10.8. The highest BCUT2D eigenvalue weighted by molar-refractivity contribution is 9.13. The van der Waals surface area contributed by atoms with E-state index in [4.69, 9.17) is 9.47 Å². The van der Waals surface area contributed by atoms with Gasteiger partial charge in [-0.15, -0.1) is 5.10 Å². The van der Waals surface area contributed by atoms with Crippen molar-refractivity contribution < 1.29 is 23.8 Å². The van der Waals surface area contributed by atoms with E-state index in [0.717, 1.165) is 35.2 Å². The van der Waals surface area contributed by atoms with Crippen molar-refractivity contribution in [3.05, 3.63) is 31.6 Å². The molecule has 2 rings (SSSR count). The zero-order valence-electron chi connectivity index (χ0n) is 16.7. The lowest BCUT2D eigenvalue weighted by Crippen LogP contribution is -2.19. The van der Waals surface area contributed by atoms with Gasteiger partial charge in [0.25, 0.3) is 5.91 Å². The number of benzene rings is 1. The lowest BCUT2D eigenvalue weighted by molar-refractivity contribution is -0.135. The predicted octanol–water partition coefficient (Wildman–Crippen LogP) is 4.40. The van der Waals surface area contributed by atoms with Gasteiger partial charge in [0, 0.05) is 16.1 Å². The highest BCUT2D eigenvalue weighted by atomic mass is 79.9. The number of methoxy groups -OCH3 is 1. The highest BCUT2D eigenvalue weighted by Crippen LogP contribution is 2.42. The van der Waals surface area contributed by atoms with Gasteiger partial charge < -0.3 is 14.2 Å². The Bertz CT molecular complexity index is 903. The number of halogens is 2. The normalized spacial score (nSPS) is 16.4. The molecule has 1 saturated heterocycles. The van der Waals surface area contributed by atoms with Crippen LogP contribution in [-0.2, 0) is 14.3 Å². The fourth-order valence-electron chi connectivity index (χ4n) is 2.20. The van der Waals surface area contributed by atoms with Crippen LogP contribution in [0, 0.1) is 0 Å². The second-order valence-corrected chi connectivity index (χ2v) is 8.41. The Balaban J connectivity index is 2.22. The van der Waals surface area contributed by atoms with Crippen LogP contribution in [0.1, 0.15) is 32.3 Å². The van der Waals surface area contributed by atoms with Gasteiger partial charge in [-0.05, 0) is 63.0 Å². The topological polar surface area (TPSA) is 98.6 Å². The molecule has 1 fully saturated rings. The van der Waals surface area contributed by atoms with Gasteiger partial charge in [-0.3, -0.25) is 10.1 Å². The Morgan fingerprint density at radius 2 is 2.03 bits per heavy atom. The minimum atomic E-state index is -0.615. The molecule has 0 bridgehead atoms. The third kappa shape index (κ3) is 6.58. The van der Waals surface area contributed by atoms with Gasteiger partial charge in [0.15, 0.2) is 16.7 Å². The molecule has 1 amide bonds. The average Bonchev–Trinajstić information content (AvgIpc) is 3.07. The maximum atomic E-state index is 11.8. The van der Waals surface area contributed by atoms with E-state index in [9.17, 15) is 9.59 Å². The van der Waals surface area contributed by atoms with Crippen LogP contribution in [0.25, 0.3) is 0 Å². The molecule has 0 atom stereocenters. The van der Waals surface area contributed by atoms with Gasteiger partial charge in [0.2, 0.25) is 0 Å². The van der Waals surface area contributed by atoms with Crippen molar-refractivity contribution in [1.29, 1.82) is 0 Å². The number of nitrogens with zero attached hydrogens (tertiary/aromatic N) is 2. The van der Waals surface area contributed by atoms with Crippen molar-refractivity contribution in [2.45, 2.75) is 26.7 Å². The van der Waals surface area contributed by atoms with Gasteiger partial charge in [0.1, 0.15) is 0 Å². The van der Waals surface area contributed by atoms with Crippen LogP contribution in [0.2, 0.25) is 0 Å². The van der Waals surface area contributed by atoms with E-state index in [1.165, 1.54) is 13.3 Å². The van der Waals surface area contributed by atoms with Crippen molar-refractivity contribution in [1.82, 2.24) is 5.32 Å². The molecule has 1 aliphatic rings. The number of unbranched alkanes of at least 4 members (excludes halogenated alkanes) is 1. The van der Waals surface area contributed by atoms with Crippen LogP contribution in [0.15, 0.2) is 36.2 Å². The van der Waals surface area contributed by atoms with Crippen LogP contribution in [0.4, 0.5) is 0 Å². The minimum Gasteiger partial charge on any atom is -0.490 e. The Morgan fingerprint density at radius 1 is 1.27 bits per heavy atom. The number of rotatable bonds is 9. The van der Waals surface area contributed by atoms with E-state index in [2.05, 4.69) is 59.0 Å². The number of carbonyl (C=O) groups excluding carboxylic acids is 2. The second-order valence-electron chi connectivity index (χ2n) is 5.79. The fraction of sp³-hybridized carbons (Fsp3) is 0.368. The molecule has 0 radical (unpaired) electrons. The summed E-state index contributed by atoms with van der Waals surface area (Å²) in [6.07, 6.45) is 4.59. The fourth-order valence-corrected chi connectivity index (χ4v) is 3.87. The molecule has 0 aliphatic carbocycles. The van der Waals surface area contributed by atoms with E-state index in [1.807, 2.05) is 6.92 Å². The number of nitrogens with one attached hydrogen (secondary N) is 1. The quantitative estimate of drug-likeness (QED) is 0.157. The van der Waals surface area contributed by atoms with E-state index in [1.54, 1.807) is 6.07 Å². The monoisotopic (exact) mass is 561 g/mol. The summed E-state index contributed by atoms with van der Waals surface area (Å²) in [4.78, 5) is 23.3. The van der Waals surface area contributed by atoms with Crippen LogP contribution in [0.5, 0.6) is 11.5 Å². The number of thioether (sulfide) groups is 1. The first-order chi connectivity index (χ1) is 14.4. The maximum absolute atomic E-state index is 11.8. The Kier molecular flexibility index (Phi) is 9.86. The predicted molar refractivity (Wildman–Crippen MR) is 124 cm³/mol. The van der Waals surface area contributed by atoms with Gasteiger partial charge in [0.05, 0.1) is 35.9 Å². The molecule has 1 aromatic carbocycles. The van der Waals surface area contributed by atoms with Crippen LogP contribution >= 0.6 is 43.6 Å². The van der Waals surface area contributed by atoms with Gasteiger partial charge in [-0.25, -0.2) is 4.79 Å². The Labute approximate surface area is 195 Å². The molecule has 162 valence electrons. The number of amides is 1. The van der Waals surface area contributed by atoms with Crippen LogP contribution in [0.3, 0.4) is 0 Å². The first-order valence-electron chi connectivity index (χ1n) is 9.08. The zero-order chi connectivity index (χ0) is 22.1. The van der Waals surface area contributed by atoms with Gasteiger partial charge >= 0.3 is 5.97 Å². The second kappa shape index (κ2) is 12.1. The number of ether oxygens (including phenoxy) is 3. The smallest absolute Gasteiger partial charge is 0.331 e. The van der Waals surface area contributed by atoms with E-state index < -0.39 is 11.9 Å². The number of amidine groups is 1. The van der Waals surface area contributed by atoms with Crippen LogP contribution in [-0.4, -0.2) is 43.6 Å². The Hall–Kier alpha value is -1.85. The molecule has 0 spiro atoms. The largest absolute Gasteiger partial charge is 0.490 e. The summed E-state index contributed by atoms with van der Waals surface area (Å²) < 4.78 is 17.6. The number of esters is 1. The van der Waals surface area contributed by atoms with Crippen LogP contribution < -0.4 is 14.8 Å². The molecule has 1 aromatic rings. The van der Waals surface area contributed by atoms with Crippen molar-refractivity contribution in [2.75, 3.05) is 20.3 Å². The lowest BCUT2D eigenvalue weighted by atomic mass is 10.2. The molecule has 0 saturated carbocycles. The van der Waals surface area contributed by atoms with E-state index >= 15 is 0 Å². The summed E-state index contributed by atoms with van der Waals surface area (Å²) >= 11 is 8.08. The molecule has 1 aliphatic heterocycles. The summed E-state index contributed by atoms with van der Waals surface area (Å²) in [7, 11) is 1.24. The zero-order valence-corrected chi connectivity index (χ0v) is 20.6. The molecular formula is C19H21Br2N3O5S. The molecule has 8 nitrogen and oxygen atoms in total. The van der Waals surface area contributed by atoms with Crippen molar-refractivity contribution >= 4 is 66.9 Å². The van der Waals surface area contributed by atoms with Gasteiger partial charge in [-0.2, -0.15) is 5.10 Å². The maximum Gasteiger partial charge on any atom is 0.331 e. The molecule has 11 heteroatoms. The van der Waals surface area contributed by atoms with Crippen molar-refractivity contribution in [3.8, 4) is 11.5 Å². The standard InChI is InChI=1S/C19H21Br2N3O5S/c1-4-6-7-29-17-12(28-5-2)8-11(15(20)16(17)21)10-22-24-19-23-18(26)13(30-19)9-14(25)27-3/h8-10H,4-7H2,1-3H3,(H,23,24,26)/b13-9+,22-10?. The molecule has 0 unspecified atom stereocenters. The minimum absolute atomic E-state index is 0.187. The summed E-state index contributed by atoms with van der Waals surface area (Å²) in [5.41, 5.74) is 0.706. The molecule has 1 N–H and O–H groups in total. The molecule has 0 aromatic heterocycles. The molecular weight excluding hydrogens is 542 g/mol. The van der Waals surface area contributed by atoms with E-state index in [0.29, 0.717) is 34.7 Å². The number of hydrogen-bond acceptors (Lipinski definition) is 8. The average molecular weight is 563 g/mol. The highest BCUT2D eigenvalue weighted by Gasteiger charge is 2.25. The first-order valence-corrected chi connectivity index (χ1v) is 11.5. The summed E-state index contributed by atoms with van der Waals surface area (Å²) in [6, 6.07) is 1.80. The van der Waals surface area contributed by atoms with Crippen molar-refractivity contribution in [2.24, 2.45) is 10.2 Å². The Morgan fingerprint density at radius 3 is 2.70 bits per heavy atom. The van der Waals surface area contributed by atoms with Gasteiger partial charge in [-0.1, -0.05) is 13.3 Å². The number of carbonyl (C=O) groups is 2. The molecule has 1 heterocycles. The third-order valence-corrected chi connectivity index (χ3v) is 6.69. The SMILES string of the molecule is CCCCOc1c(OCC)cc(C=N/N=C2/NC(=O)/C(=C\C(=O)OC)S2)c(Br)c1Br. The summed E-state index contributed by atoms with van der Waals surface area (Å²) in [6.45, 7) is 5.05. The summed E-state index contributed by atoms with van der Waals surface area (Å²) in [5.74, 6) is 0.160.